The lowest BCUT2D eigenvalue weighted by Gasteiger charge is -2.37. The summed E-state index contributed by atoms with van der Waals surface area (Å²) in [5.74, 6) is 0. The van der Waals surface area contributed by atoms with Crippen LogP contribution in [0.3, 0.4) is 0 Å². The molecule has 1 aromatic heterocycles. The summed E-state index contributed by atoms with van der Waals surface area (Å²) in [5.41, 5.74) is -2.23. The van der Waals surface area contributed by atoms with Crippen LogP contribution < -0.4 is 11.2 Å². The first-order chi connectivity index (χ1) is 12.1. The summed E-state index contributed by atoms with van der Waals surface area (Å²) >= 11 is 0. The van der Waals surface area contributed by atoms with Crippen molar-refractivity contribution >= 4 is 8.32 Å². The van der Waals surface area contributed by atoms with Gasteiger partial charge in [0.05, 0.1) is 12.7 Å². The minimum absolute atomic E-state index is 0.000420. The minimum Gasteiger partial charge on any atom is -0.414 e. The highest BCUT2D eigenvalue weighted by molar-refractivity contribution is 6.74. The molecule has 2 rings (SSSR count). The SMILES string of the molecule is [2H]C([2H])([2H])c1cn([C@H]2C[C@@H](O)[C@@H](CO[Si](C)(C)C(C)(C)C)O2)c(=O)[nH]c1=O. The fraction of sp³-hybridized carbons (Fsp3) is 0.750. The van der Waals surface area contributed by atoms with Crippen molar-refractivity contribution in [3.63, 3.8) is 0 Å². The molecule has 0 amide bonds. The van der Waals surface area contributed by atoms with E-state index in [4.69, 9.17) is 13.3 Å². The number of hydrogen-bond acceptors (Lipinski definition) is 5. The Morgan fingerprint density at radius 2 is 2.17 bits per heavy atom. The first-order valence-corrected chi connectivity index (χ1v) is 10.9. The number of hydrogen-bond donors (Lipinski definition) is 2. The quantitative estimate of drug-likeness (QED) is 0.795. The van der Waals surface area contributed by atoms with E-state index in [9.17, 15) is 14.7 Å². The van der Waals surface area contributed by atoms with Crippen LogP contribution in [0.4, 0.5) is 0 Å². The van der Waals surface area contributed by atoms with Crippen LogP contribution in [-0.2, 0) is 9.16 Å². The molecule has 1 fully saturated rings. The van der Waals surface area contributed by atoms with Crippen LogP contribution in [0.15, 0.2) is 15.8 Å². The molecule has 24 heavy (non-hydrogen) atoms. The van der Waals surface area contributed by atoms with Gasteiger partial charge in [-0.3, -0.25) is 14.3 Å². The Morgan fingerprint density at radius 3 is 2.75 bits per heavy atom. The van der Waals surface area contributed by atoms with E-state index in [1.54, 1.807) is 0 Å². The summed E-state index contributed by atoms with van der Waals surface area (Å²) in [7, 11) is -2.04. The third-order valence-corrected chi connectivity index (χ3v) is 9.40. The molecule has 1 aliphatic rings. The monoisotopic (exact) mass is 359 g/mol. The van der Waals surface area contributed by atoms with Crippen molar-refractivity contribution in [3.8, 4) is 0 Å². The molecule has 0 aromatic carbocycles. The average molecular weight is 360 g/mol. The molecule has 1 aliphatic heterocycles. The predicted octanol–water partition coefficient (Wildman–Crippen LogP) is 1.52. The number of aliphatic hydroxyl groups is 1. The van der Waals surface area contributed by atoms with E-state index in [-0.39, 0.29) is 18.1 Å². The molecule has 0 bridgehead atoms. The van der Waals surface area contributed by atoms with Gasteiger partial charge in [-0.1, -0.05) is 20.8 Å². The molecule has 2 N–H and O–H groups in total. The van der Waals surface area contributed by atoms with E-state index in [1.165, 1.54) is 0 Å². The molecule has 0 saturated carbocycles. The number of aromatic amines is 1. The van der Waals surface area contributed by atoms with Gasteiger partial charge in [0.1, 0.15) is 12.3 Å². The van der Waals surface area contributed by atoms with Gasteiger partial charge in [0.2, 0.25) is 0 Å². The Kier molecular flexibility index (Phi) is 4.13. The van der Waals surface area contributed by atoms with E-state index in [0.717, 1.165) is 10.8 Å². The summed E-state index contributed by atoms with van der Waals surface area (Å²) < 4.78 is 35.1. The van der Waals surface area contributed by atoms with Crippen LogP contribution >= 0.6 is 0 Å². The Morgan fingerprint density at radius 1 is 1.50 bits per heavy atom. The minimum atomic E-state index is -2.66. The van der Waals surface area contributed by atoms with E-state index >= 15 is 0 Å². The number of aliphatic hydroxyl groups excluding tert-OH is 1. The van der Waals surface area contributed by atoms with Gasteiger partial charge in [0, 0.05) is 22.3 Å². The number of rotatable bonds is 4. The summed E-state index contributed by atoms with van der Waals surface area (Å²) in [4.78, 5) is 25.9. The van der Waals surface area contributed by atoms with Gasteiger partial charge in [-0.25, -0.2) is 4.79 Å². The highest BCUT2D eigenvalue weighted by Crippen LogP contribution is 2.37. The van der Waals surface area contributed by atoms with Gasteiger partial charge in [-0.2, -0.15) is 0 Å². The zero-order valence-corrected chi connectivity index (χ0v) is 15.8. The highest BCUT2D eigenvalue weighted by Gasteiger charge is 2.41. The summed E-state index contributed by atoms with van der Waals surface area (Å²) in [5, 5.41) is 10.3. The van der Waals surface area contributed by atoms with Crippen molar-refractivity contribution in [3.05, 3.63) is 32.6 Å². The maximum atomic E-state index is 12.1. The molecule has 0 unspecified atom stereocenters. The predicted molar refractivity (Wildman–Crippen MR) is 93.7 cm³/mol. The summed E-state index contributed by atoms with van der Waals surface area (Å²) in [6, 6.07) is 0. The first-order valence-electron chi connectivity index (χ1n) is 9.47. The maximum Gasteiger partial charge on any atom is 0.330 e. The molecule has 0 spiro atoms. The zero-order valence-electron chi connectivity index (χ0n) is 17.8. The molecule has 8 heteroatoms. The number of aromatic nitrogens is 2. The lowest BCUT2D eigenvalue weighted by atomic mass is 10.2. The van der Waals surface area contributed by atoms with Gasteiger partial charge in [0.15, 0.2) is 8.32 Å². The maximum absolute atomic E-state index is 12.1. The average Bonchev–Trinajstić information content (AvgIpc) is 2.83. The van der Waals surface area contributed by atoms with Crippen LogP contribution in [-0.4, -0.2) is 41.8 Å². The number of aryl methyl sites for hydroxylation is 1. The van der Waals surface area contributed by atoms with Crippen LogP contribution in [0.1, 0.15) is 43.1 Å². The molecule has 136 valence electrons. The van der Waals surface area contributed by atoms with Crippen molar-refractivity contribution in [1.82, 2.24) is 9.55 Å². The van der Waals surface area contributed by atoms with Gasteiger partial charge < -0.3 is 14.3 Å². The van der Waals surface area contributed by atoms with Gasteiger partial charge in [-0.05, 0) is 25.0 Å². The van der Waals surface area contributed by atoms with Crippen molar-refractivity contribution in [2.75, 3.05) is 6.61 Å². The molecule has 1 saturated heterocycles. The summed E-state index contributed by atoms with van der Waals surface area (Å²) in [6.07, 6.45) is -1.30. The third-order valence-electron chi connectivity index (χ3n) is 4.90. The van der Waals surface area contributed by atoms with E-state index in [2.05, 4.69) is 33.9 Å². The molecule has 2 heterocycles. The topological polar surface area (TPSA) is 93.6 Å². The van der Waals surface area contributed by atoms with Crippen LogP contribution in [0.2, 0.25) is 18.1 Å². The largest absolute Gasteiger partial charge is 0.414 e. The van der Waals surface area contributed by atoms with E-state index in [1.807, 2.05) is 4.98 Å². The highest BCUT2D eigenvalue weighted by atomic mass is 28.4. The Balaban J connectivity index is 2.20. The molecule has 3 atom stereocenters. The second-order valence-corrected chi connectivity index (χ2v) is 12.5. The van der Waals surface area contributed by atoms with Crippen molar-refractivity contribution < 1.29 is 18.4 Å². The second-order valence-electron chi connectivity index (χ2n) is 7.71. The second kappa shape index (κ2) is 6.59. The molecule has 7 nitrogen and oxygen atoms in total. The van der Waals surface area contributed by atoms with Crippen molar-refractivity contribution in [1.29, 1.82) is 0 Å². The first kappa shape index (κ1) is 15.1. The normalized spacial score (nSPS) is 27.6. The van der Waals surface area contributed by atoms with Crippen LogP contribution in [0.25, 0.3) is 0 Å². The zero-order chi connectivity index (χ0) is 20.8. The number of H-pyrrole nitrogens is 1. The Hall–Kier alpha value is -1.22. The molecule has 1 aromatic rings. The van der Waals surface area contributed by atoms with Crippen molar-refractivity contribution in [2.24, 2.45) is 0 Å². The third kappa shape index (κ3) is 3.88. The molecular weight excluding hydrogens is 328 g/mol. The van der Waals surface area contributed by atoms with Crippen LogP contribution in [0.5, 0.6) is 0 Å². The standard InChI is InChI=1S/C16H28N2O5Si/c1-10-8-18(15(21)17-14(10)20)13-7-11(19)12(23-13)9-22-24(5,6)16(2,3)4/h8,11-13,19H,7,9H2,1-6H3,(H,17,20,21)/t11-,12-,13-/m1/s1/i1D3. The smallest absolute Gasteiger partial charge is 0.330 e. The Bertz CT molecular complexity index is 797. The van der Waals surface area contributed by atoms with Gasteiger partial charge in [-0.15, -0.1) is 0 Å². The lowest BCUT2D eigenvalue weighted by molar-refractivity contribution is -0.0433. The van der Waals surface area contributed by atoms with Crippen molar-refractivity contribution in [2.45, 2.75) is 70.6 Å². The van der Waals surface area contributed by atoms with Gasteiger partial charge in [0.25, 0.3) is 5.56 Å². The summed E-state index contributed by atoms with van der Waals surface area (Å²) in [6.45, 7) is 7.99. The molecule has 0 aliphatic carbocycles. The molecular formula is C16H28N2O5Si. The van der Waals surface area contributed by atoms with Crippen LogP contribution in [0, 0.1) is 6.85 Å². The van der Waals surface area contributed by atoms with Gasteiger partial charge >= 0.3 is 5.69 Å². The fourth-order valence-electron chi connectivity index (χ4n) is 2.24. The Labute approximate surface area is 147 Å². The fourth-order valence-corrected chi connectivity index (χ4v) is 3.26. The van der Waals surface area contributed by atoms with E-state index < -0.39 is 50.4 Å². The number of nitrogens with zero attached hydrogens (tertiary/aromatic N) is 1. The lowest BCUT2D eigenvalue weighted by Crippen LogP contribution is -2.43. The number of ether oxygens (including phenoxy) is 1. The number of nitrogens with one attached hydrogen (secondary N) is 1. The van der Waals surface area contributed by atoms with E-state index in [0.29, 0.717) is 0 Å². The molecule has 0 radical (unpaired) electrons.